The third-order valence-electron chi connectivity index (χ3n) is 4.93. The molecule has 0 bridgehead atoms. The third kappa shape index (κ3) is 3.84. The summed E-state index contributed by atoms with van der Waals surface area (Å²) in [6.07, 6.45) is 0.367. The minimum Gasteiger partial charge on any atom is -0.454 e. The fraction of sp³-hybridized carbons (Fsp3) is 0.286. The molecule has 0 unspecified atom stereocenters. The molecule has 1 aliphatic heterocycles. The van der Waals surface area contributed by atoms with E-state index in [2.05, 4.69) is 21.7 Å². The van der Waals surface area contributed by atoms with Gasteiger partial charge in [-0.05, 0) is 41.7 Å². The van der Waals surface area contributed by atoms with E-state index in [-0.39, 0.29) is 18.6 Å². The zero-order chi connectivity index (χ0) is 19.5. The van der Waals surface area contributed by atoms with E-state index in [1.807, 2.05) is 50.4 Å². The van der Waals surface area contributed by atoms with Crippen molar-refractivity contribution in [3.63, 3.8) is 0 Å². The van der Waals surface area contributed by atoms with Crippen molar-refractivity contribution in [3.05, 3.63) is 70.2 Å². The fourth-order valence-electron chi connectivity index (χ4n) is 3.27. The van der Waals surface area contributed by atoms with Gasteiger partial charge in [0.05, 0.1) is 17.1 Å². The minimum atomic E-state index is -0.0636. The van der Waals surface area contributed by atoms with E-state index in [1.165, 1.54) is 11.5 Å². The van der Waals surface area contributed by atoms with Crippen LogP contribution in [0.1, 0.15) is 34.0 Å². The van der Waals surface area contributed by atoms with Crippen LogP contribution in [0.25, 0.3) is 0 Å². The van der Waals surface area contributed by atoms with E-state index in [4.69, 9.17) is 9.47 Å². The molecule has 4 rings (SSSR count). The molecule has 7 heteroatoms. The van der Waals surface area contributed by atoms with Crippen LogP contribution in [0.2, 0.25) is 0 Å². The molecule has 2 heterocycles. The normalized spacial score (nSPS) is 13.4. The second-order valence-electron chi connectivity index (χ2n) is 6.81. The van der Waals surface area contributed by atoms with Crippen molar-refractivity contribution in [2.75, 3.05) is 13.8 Å². The maximum absolute atomic E-state index is 13.0. The molecule has 0 saturated heterocycles. The van der Waals surface area contributed by atoms with Crippen LogP contribution in [0.3, 0.4) is 0 Å². The Hall–Kier alpha value is -2.93. The number of rotatable bonds is 6. The summed E-state index contributed by atoms with van der Waals surface area (Å²) in [5, 5.41) is 4.02. The molecular weight excluding hydrogens is 374 g/mol. The molecule has 1 atom stereocenters. The first-order valence-electron chi connectivity index (χ1n) is 9.08. The number of ether oxygens (including phenoxy) is 2. The highest BCUT2D eigenvalue weighted by atomic mass is 32.1. The molecule has 6 nitrogen and oxygen atoms in total. The molecule has 0 radical (unpaired) electrons. The first-order valence-corrected chi connectivity index (χ1v) is 9.85. The average molecular weight is 395 g/mol. The van der Waals surface area contributed by atoms with Crippen LogP contribution in [-0.4, -0.2) is 34.2 Å². The van der Waals surface area contributed by atoms with Crippen LogP contribution in [-0.2, 0) is 11.3 Å². The van der Waals surface area contributed by atoms with Crippen LogP contribution < -0.4 is 9.47 Å². The Balaban J connectivity index is 1.57. The van der Waals surface area contributed by atoms with Gasteiger partial charge in [0.15, 0.2) is 11.5 Å². The lowest BCUT2D eigenvalue weighted by molar-refractivity contribution is -0.130. The van der Waals surface area contributed by atoms with Gasteiger partial charge >= 0.3 is 0 Å². The fourth-order valence-corrected chi connectivity index (χ4v) is 3.96. The molecule has 144 valence electrons. The maximum atomic E-state index is 13.0. The van der Waals surface area contributed by atoms with Gasteiger partial charge < -0.3 is 14.4 Å². The highest BCUT2D eigenvalue weighted by molar-refractivity contribution is 7.05. The van der Waals surface area contributed by atoms with Gasteiger partial charge in [-0.1, -0.05) is 40.9 Å². The molecule has 28 heavy (non-hydrogen) atoms. The first-order chi connectivity index (χ1) is 13.6. The summed E-state index contributed by atoms with van der Waals surface area (Å²) in [7, 11) is 1.82. The van der Waals surface area contributed by atoms with Crippen LogP contribution in [0.5, 0.6) is 11.5 Å². The smallest absolute Gasteiger partial charge is 0.231 e. The standard InChI is InChI=1S/C21H21N3O3S/c1-14-20(28-23-22-14)12-24(2)21(25)11-17(15-6-4-3-5-7-15)16-8-9-18-19(10-16)27-13-26-18/h3-10,17H,11-13H2,1-2H3/t17-/m1/s1. The highest BCUT2D eigenvalue weighted by Gasteiger charge is 2.24. The van der Waals surface area contributed by atoms with Gasteiger partial charge in [-0.2, -0.15) is 0 Å². The Morgan fingerprint density at radius 3 is 2.68 bits per heavy atom. The van der Waals surface area contributed by atoms with E-state index in [0.29, 0.717) is 13.0 Å². The molecule has 0 aliphatic carbocycles. The number of carbonyl (C=O) groups is 1. The average Bonchev–Trinajstić information content (AvgIpc) is 3.35. The van der Waals surface area contributed by atoms with Gasteiger partial charge in [-0.25, -0.2) is 0 Å². The number of nitrogens with zero attached hydrogens (tertiary/aromatic N) is 3. The highest BCUT2D eigenvalue weighted by Crippen LogP contribution is 2.37. The van der Waals surface area contributed by atoms with Gasteiger partial charge in [0, 0.05) is 19.4 Å². The molecular formula is C21H21N3O3S. The quantitative estimate of drug-likeness (QED) is 0.636. The van der Waals surface area contributed by atoms with Crippen molar-refractivity contribution in [3.8, 4) is 11.5 Å². The van der Waals surface area contributed by atoms with Gasteiger partial charge in [0.2, 0.25) is 12.7 Å². The summed E-state index contributed by atoms with van der Waals surface area (Å²) in [6, 6.07) is 16.0. The second kappa shape index (κ2) is 7.98. The van der Waals surface area contributed by atoms with E-state index in [0.717, 1.165) is 33.2 Å². The number of carbonyl (C=O) groups excluding carboxylic acids is 1. The van der Waals surface area contributed by atoms with Crippen LogP contribution >= 0.6 is 11.5 Å². The number of fused-ring (bicyclic) bond motifs is 1. The maximum Gasteiger partial charge on any atom is 0.231 e. The number of hydrogen-bond acceptors (Lipinski definition) is 6. The number of aryl methyl sites for hydroxylation is 1. The van der Waals surface area contributed by atoms with Gasteiger partial charge in [-0.15, -0.1) is 5.10 Å². The molecule has 1 aromatic heterocycles. The van der Waals surface area contributed by atoms with Gasteiger partial charge in [-0.3, -0.25) is 4.79 Å². The lowest BCUT2D eigenvalue weighted by Gasteiger charge is -2.22. The minimum absolute atomic E-state index is 0.0636. The first kappa shape index (κ1) is 18.4. The van der Waals surface area contributed by atoms with Crippen molar-refractivity contribution in [2.24, 2.45) is 0 Å². The van der Waals surface area contributed by atoms with E-state index >= 15 is 0 Å². The molecule has 2 aromatic carbocycles. The Labute approximate surface area is 167 Å². The van der Waals surface area contributed by atoms with Crippen LogP contribution in [0.15, 0.2) is 48.5 Å². The predicted molar refractivity (Wildman–Crippen MR) is 107 cm³/mol. The predicted octanol–water partition coefficient (Wildman–Crippen LogP) is 3.76. The van der Waals surface area contributed by atoms with Gasteiger partial charge in [0.25, 0.3) is 0 Å². The molecule has 0 spiro atoms. The summed E-state index contributed by atoms with van der Waals surface area (Å²) in [6.45, 7) is 2.67. The largest absolute Gasteiger partial charge is 0.454 e. The van der Waals surface area contributed by atoms with Crippen molar-refractivity contribution >= 4 is 17.4 Å². The lowest BCUT2D eigenvalue weighted by atomic mass is 9.88. The summed E-state index contributed by atoms with van der Waals surface area (Å²) >= 11 is 1.33. The zero-order valence-corrected chi connectivity index (χ0v) is 16.6. The Kier molecular flexibility index (Phi) is 5.25. The number of hydrogen-bond donors (Lipinski definition) is 0. The molecule has 1 amide bonds. The topological polar surface area (TPSA) is 64.6 Å². The van der Waals surface area contributed by atoms with Crippen LogP contribution in [0.4, 0.5) is 0 Å². The molecule has 1 aliphatic rings. The summed E-state index contributed by atoms with van der Waals surface area (Å²) in [5.74, 6) is 1.48. The lowest BCUT2D eigenvalue weighted by Crippen LogP contribution is -2.27. The van der Waals surface area contributed by atoms with Crippen molar-refractivity contribution in [2.45, 2.75) is 25.8 Å². The van der Waals surface area contributed by atoms with Crippen molar-refractivity contribution in [1.82, 2.24) is 14.5 Å². The van der Waals surface area contributed by atoms with Crippen molar-refractivity contribution < 1.29 is 14.3 Å². The Bertz CT molecular complexity index is 974. The van der Waals surface area contributed by atoms with E-state index in [1.54, 1.807) is 4.90 Å². The molecule has 0 saturated carbocycles. The molecule has 3 aromatic rings. The molecule has 0 N–H and O–H groups in total. The number of aromatic nitrogens is 2. The monoisotopic (exact) mass is 395 g/mol. The number of amides is 1. The van der Waals surface area contributed by atoms with Gasteiger partial charge in [0.1, 0.15) is 0 Å². The second-order valence-corrected chi connectivity index (χ2v) is 7.65. The summed E-state index contributed by atoms with van der Waals surface area (Å²) in [4.78, 5) is 15.8. The Morgan fingerprint density at radius 2 is 1.93 bits per heavy atom. The van der Waals surface area contributed by atoms with E-state index in [9.17, 15) is 4.79 Å². The Morgan fingerprint density at radius 1 is 1.14 bits per heavy atom. The summed E-state index contributed by atoms with van der Waals surface area (Å²) < 4.78 is 14.9. The molecule has 0 fully saturated rings. The van der Waals surface area contributed by atoms with Crippen LogP contribution in [0, 0.1) is 6.92 Å². The van der Waals surface area contributed by atoms with Crippen molar-refractivity contribution in [1.29, 1.82) is 0 Å². The zero-order valence-electron chi connectivity index (χ0n) is 15.8. The summed E-state index contributed by atoms with van der Waals surface area (Å²) in [5.41, 5.74) is 3.01. The SMILES string of the molecule is Cc1nnsc1CN(C)C(=O)C[C@H](c1ccccc1)c1ccc2c(c1)OCO2. The van der Waals surface area contributed by atoms with E-state index < -0.39 is 0 Å². The number of benzene rings is 2. The third-order valence-corrected chi connectivity index (χ3v) is 5.74.